The highest BCUT2D eigenvalue weighted by Gasteiger charge is 2.35. The van der Waals surface area contributed by atoms with Crippen molar-refractivity contribution in [2.45, 2.75) is 18.4 Å². The summed E-state index contributed by atoms with van der Waals surface area (Å²) < 4.78 is 10.9. The van der Waals surface area contributed by atoms with Gasteiger partial charge in [-0.25, -0.2) is 9.97 Å². The molecule has 1 aliphatic heterocycles. The van der Waals surface area contributed by atoms with Gasteiger partial charge in [-0.2, -0.15) is 0 Å². The molecule has 1 atom stereocenters. The second kappa shape index (κ2) is 10.7. The smallest absolute Gasteiger partial charge is 0.257 e. The van der Waals surface area contributed by atoms with Gasteiger partial charge >= 0.3 is 0 Å². The van der Waals surface area contributed by atoms with Crippen LogP contribution in [0.5, 0.6) is 11.5 Å². The monoisotopic (exact) mass is 520 g/mol. The third kappa shape index (κ3) is 5.47. The third-order valence-electron chi connectivity index (χ3n) is 6.56. The fourth-order valence-electron chi connectivity index (χ4n) is 4.61. The predicted molar refractivity (Wildman–Crippen MR) is 144 cm³/mol. The standard InChI is InChI=1S/C27H29ClN6O3/c1-29-22(35)15-37-19-8-6-18(7-9-19)25-32-24-23(21(28)14-31-26(24)33-25)34-27(10-11-30-16-27)13-17-4-3-5-20(12-17)36-2/h3-9,12,14,30H,10-11,13,15-16H2,1-2H3,(H,29,35)(H2,31,32,33,34)/t27-/m1/s1. The van der Waals surface area contributed by atoms with E-state index in [4.69, 9.17) is 26.1 Å². The molecule has 1 aliphatic rings. The number of fused-ring (bicyclic) bond motifs is 1. The summed E-state index contributed by atoms with van der Waals surface area (Å²) in [4.78, 5) is 24.0. The Bertz CT molecular complexity index is 1400. The summed E-state index contributed by atoms with van der Waals surface area (Å²) in [5.41, 5.74) is 3.91. The van der Waals surface area contributed by atoms with E-state index >= 15 is 0 Å². The normalized spacial score (nSPS) is 17.1. The van der Waals surface area contributed by atoms with Gasteiger partial charge in [0.15, 0.2) is 12.3 Å². The summed E-state index contributed by atoms with van der Waals surface area (Å²) >= 11 is 6.68. The maximum atomic E-state index is 11.4. The first-order valence-electron chi connectivity index (χ1n) is 12.1. The van der Waals surface area contributed by atoms with E-state index in [1.807, 2.05) is 24.3 Å². The average molecular weight is 521 g/mol. The summed E-state index contributed by atoms with van der Waals surface area (Å²) in [6, 6.07) is 15.5. The molecule has 0 radical (unpaired) electrons. The second-order valence-corrected chi connectivity index (χ2v) is 9.52. The van der Waals surface area contributed by atoms with Gasteiger partial charge in [-0.05, 0) is 61.3 Å². The van der Waals surface area contributed by atoms with Crippen molar-refractivity contribution in [3.8, 4) is 22.9 Å². The Kier molecular flexibility index (Phi) is 7.16. The van der Waals surface area contributed by atoms with Crippen LogP contribution < -0.4 is 25.4 Å². The van der Waals surface area contributed by atoms with Crippen molar-refractivity contribution in [3.05, 3.63) is 65.3 Å². The molecule has 2 aromatic heterocycles. The van der Waals surface area contributed by atoms with E-state index in [0.717, 1.165) is 48.4 Å². The molecule has 0 spiro atoms. The Morgan fingerprint density at radius 3 is 2.76 bits per heavy atom. The van der Waals surface area contributed by atoms with Crippen molar-refractivity contribution in [3.63, 3.8) is 0 Å². The number of hydrogen-bond donors (Lipinski definition) is 4. The van der Waals surface area contributed by atoms with Gasteiger partial charge in [0.05, 0.1) is 29.6 Å². The quantitative estimate of drug-likeness (QED) is 0.265. The molecular weight excluding hydrogens is 492 g/mol. The highest BCUT2D eigenvalue weighted by atomic mass is 35.5. The molecule has 192 valence electrons. The molecule has 0 bridgehead atoms. The molecule has 4 aromatic rings. The maximum Gasteiger partial charge on any atom is 0.257 e. The topological polar surface area (TPSA) is 113 Å². The van der Waals surface area contributed by atoms with Crippen LogP contribution in [0.25, 0.3) is 22.6 Å². The summed E-state index contributed by atoms with van der Waals surface area (Å²) in [5, 5.41) is 10.3. The van der Waals surface area contributed by atoms with Crippen LogP contribution in [-0.4, -0.2) is 60.3 Å². The number of carbonyl (C=O) groups excluding carboxylic acids is 1. The predicted octanol–water partition coefficient (Wildman–Crippen LogP) is 3.80. The molecule has 0 unspecified atom stereocenters. The number of carbonyl (C=O) groups is 1. The van der Waals surface area contributed by atoms with Crippen LogP contribution >= 0.6 is 11.6 Å². The van der Waals surface area contributed by atoms with Gasteiger partial charge in [-0.15, -0.1) is 0 Å². The number of nitrogens with zero attached hydrogens (tertiary/aromatic N) is 2. The van der Waals surface area contributed by atoms with E-state index in [0.29, 0.717) is 22.2 Å². The SMILES string of the molecule is CNC(=O)COc1ccc(-c2nc3ncc(Cl)c(N[C@@]4(Cc5cccc(OC)c5)CCNC4)c3[nH]2)cc1. The van der Waals surface area contributed by atoms with Gasteiger partial charge in [0, 0.05) is 19.2 Å². The largest absolute Gasteiger partial charge is 0.497 e. The maximum absolute atomic E-state index is 11.4. The number of halogens is 1. The lowest BCUT2D eigenvalue weighted by Crippen LogP contribution is -2.43. The van der Waals surface area contributed by atoms with Crippen molar-refractivity contribution < 1.29 is 14.3 Å². The zero-order valence-electron chi connectivity index (χ0n) is 20.7. The zero-order chi connectivity index (χ0) is 25.8. The number of anilines is 1. The Hall–Kier alpha value is -3.82. The number of pyridine rings is 1. The van der Waals surface area contributed by atoms with Gasteiger partial charge in [0.1, 0.15) is 22.8 Å². The highest BCUT2D eigenvalue weighted by Crippen LogP contribution is 2.35. The number of ether oxygens (including phenoxy) is 2. The molecule has 9 nitrogen and oxygen atoms in total. The number of benzene rings is 2. The number of methoxy groups -OCH3 is 1. The summed E-state index contributed by atoms with van der Waals surface area (Å²) in [6.07, 6.45) is 3.37. The van der Waals surface area contributed by atoms with Crippen molar-refractivity contribution in [1.82, 2.24) is 25.6 Å². The van der Waals surface area contributed by atoms with Gasteiger partial charge in [0.25, 0.3) is 5.91 Å². The van der Waals surface area contributed by atoms with Crippen molar-refractivity contribution in [2.75, 3.05) is 39.2 Å². The van der Waals surface area contributed by atoms with Crippen molar-refractivity contribution in [2.24, 2.45) is 0 Å². The van der Waals surface area contributed by atoms with Crippen LogP contribution in [0.3, 0.4) is 0 Å². The van der Waals surface area contributed by atoms with Crippen LogP contribution in [0.1, 0.15) is 12.0 Å². The van der Waals surface area contributed by atoms with Crippen LogP contribution in [0, 0.1) is 0 Å². The number of hydrogen-bond acceptors (Lipinski definition) is 7. The summed E-state index contributed by atoms with van der Waals surface area (Å²) in [6.45, 7) is 1.67. The molecular formula is C27H29ClN6O3. The highest BCUT2D eigenvalue weighted by molar-refractivity contribution is 6.34. The van der Waals surface area contributed by atoms with E-state index in [9.17, 15) is 4.79 Å². The van der Waals surface area contributed by atoms with Crippen molar-refractivity contribution in [1.29, 1.82) is 0 Å². The number of rotatable bonds is 9. The second-order valence-electron chi connectivity index (χ2n) is 9.11. The first-order chi connectivity index (χ1) is 18.0. The van der Waals surface area contributed by atoms with Crippen LogP contribution in [0.4, 0.5) is 5.69 Å². The number of aromatic nitrogens is 3. The Morgan fingerprint density at radius 1 is 1.19 bits per heavy atom. The lowest BCUT2D eigenvalue weighted by atomic mass is 9.89. The Morgan fingerprint density at radius 2 is 2.03 bits per heavy atom. The van der Waals surface area contributed by atoms with Gasteiger partial charge in [0.2, 0.25) is 0 Å². The number of imidazole rings is 1. The molecule has 37 heavy (non-hydrogen) atoms. The van der Waals surface area contributed by atoms with Crippen LogP contribution in [0.2, 0.25) is 5.02 Å². The molecule has 10 heteroatoms. The summed E-state index contributed by atoms with van der Waals surface area (Å²) in [5.74, 6) is 1.91. The van der Waals surface area contributed by atoms with Crippen LogP contribution in [-0.2, 0) is 11.2 Å². The minimum Gasteiger partial charge on any atom is -0.497 e. The van der Waals surface area contributed by atoms with E-state index in [2.05, 4.69) is 38.1 Å². The third-order valence-corrected chi connectivity index (χ3v) is 6.85. The fourth-order valence-corrected chi connectivity index (χ4v) is 4.80. The molecule has 1 saturated heterocycles. The molecule has 2 aromatic carbocycles. The van der Waals surface area contributed by atoms with E-state index in [-0.39, 0.29) is 18.1 Å². The molecule has 0 saturated carbocycles. The van der Waals surface area contributed by atoms with E-state index in [1.165, 1.54) is 5.56 Å². The molecule has 5 rings (SSSR count). The fraction of sp³-hybridized carbons (Fsp3) is 0.296. The number of likely N-dealkylation sites (N-methyl/N-ethyl adjacent to an activating group) is 1. The Labute approximate surface area is 219 Å². The van der Waals surface area contributed by atoms with E-state index < -0.39 is 0 Å². The number of H-pyrrole nitrogens is 1. The van der Waals surface area contributed by atoms with Gasteiger partial charge < -0.3 is 30.4 Å². The van der Waals surface area contributed by atoms with Crippen molar-refractivity contribution >= 4 is 34.4 Å². The number of aromatic amines is 1. The lowest BCUT2D eigenvalue weighted by Gasteiger charge is -2.31. The van der Waals surface area contributed by atoms with Gasteiger partial charge in [-0.3, -0.25) is 4.79 Å². The average Bonchev–Trinajstić information content (AvgIpc) is 3.57. The molecule has 3 heterocycles. The van der Waals surface area contributed by atoms with Crippen LogP contribution in [0.15, 0.2) is 54.7 Å². The first-order valence-corrected chi connectivity index (χ1v) is 12.5. The molecule has 0 aliphatic carbocycles. The first kappa shape index (κ1) is 24.9. The van der Waals surface area contributed by atoms with E-state index in [1.54, 1.807) is 32.5 Å². The number of nitrogens with one attached hydrogen (secondary N) is 4. The summed E-state index contributed by atoms with van der Waals surface area (Å²) in [7, 11) is 3.25. The van der Waals surface area contributed by atoms with Gasteiger partial charge in [-0.1, -0.05) is 23.7 Å². The molecule has 4 N–H and O–H groups in total. The Balaban J connectivity index is 1.42. The molecule has 1 amide bonds. The zero-order valence-corrected chi connectivity index (χ0v) is 21.5. The lowest BCUT2D eigenvalue weighted by molar-refractivity contribution is -0.122. The minimum absolute atomic E-state index is 0.0374. The minimum atomic E-state index is -0.237. The molecule has 1 fully saturated rings. The number of amides is 1.